The summed E-state index contributed by atoms with van der Waals surface area (Å²) in [6.45, 7) is 0. The van der Waals surface area contributed by atoms with Gasteiger partial charge in [-0.15, -0.1) is 0 Å². The maximum atomic E-state index is 13.0. The fourth-order valence-corrected chi connectivity index (χ4v) is 4.04. The zero-order valence-electron chi connectivity index (χ0n) is 18.0. The zero-order valence-corrected chi connectivity index (χ0v) is 18.0. The van der Waals surface area contributed by atoms with E-state index in [2.05, 4.69) is 15.0 Å². The van der Waals surface area contributed by atoms with Gasteiger partial charge in [0.15, 0.2) is 5.69 Å². The third-order valence-electron chi connectivity index (χ3n) is 5.83. The van der Waals surface area contributed by atoms with Crippen LogP contribution >= 0.6 is 0 Å². The molecule has 3 rings (SSSR count). The number of nitrogens with one attached hydrogen (secondary N) is 1. The minimum absolute atomic E-state index is 0.0729. The van der Waals surface area contributed by atoms with Crippen LogP contribution in [0.25, 0.3) is 0 Å². The van der Waals surface area contributed by atoms with Crippen molar-refractivity contribution in [1.82, 2.24) is 10.3 Å². The van der Waals surface area contributed by atoms with E-state index < -0.39 is 17.8 Å². The van der Waals surface area contributed by atoms with Crippen LogP contribution in [-0.2, 0) is 16.0 Å². The monoisotopic (exact) mass is 426 g/mol. The molecule has 31 heavy (non-hydrogen) atoms. The van der Waals surface area contributed by atoms with Crippen LogP contribution in [0.3, 0.4) is 0 Å². The number of aromatic nitrogens is 1. The summed E-state index contributed by atoms with van der Waals surface area (Å²) in [6, 6.07) is 8.99. The molecule has 2 aromatic rings. The lowest BCUT2D eigenvalue weighted by atomic mass is 9.86. The Morgan fingerprint density at radius 2 is 1.90 bits per heavy atom. The first-order chi connectivity index (χ1) is 15.1. The van der Waals surface area contributed by atoms with Crippen molar-refractivity contribution in [2.24, 2.45) is 5.92 Å². The van der Waals surface area contributed by atoms with Crippen molar-refractivity contribution < 1.29 is 23.5 Å². The Labute approximate surface area is 182 Å². The van der Waals surface area contributed by atoms with Crippen LogP contribution in [-0.4, -0.2) is 35.8 Å². The molecule has 1 atom stereocenters. The van der Waals surface area contributed by atoms with E-state index in [1.807, 2.05) is 30.3 Å². The van der Waals surface area contributed by atoms with Gasteiger partial charge < -0.3 is 14.5 Å². The Morgan fingerprint density at radius 3 is 2.61 bits per heavy atom. The van der Waals surface area contributed by atoms with Gasteiger partial charge in [0, 0.05) is 6.42 Å². The Balaban J connectivity index is 1.64. The molecular weight excluding hydrogens is 396 g/mol. The maximum Gasteiger partial charge on any atom is 0.360 e. The normalized spacial score (nSPS) is 15.3. The number of ether oxygens (including phenoxy) is 1. The summed E-state index contributed by atoms with van der Waals surface area (Å²) in [4.78, 5) is 41.2. The van der Waals surface area contributed by atoms with Crippen molar-refractivity contribution >= 4 is 17.7 Å². The van der Waals surface area contributed by atoms with E-state index in [1.54, 1.807) is 0 Å². The molecule has 0 bridgehead atoms. The van der Waals surface area contributed by atoms with Crippen LogP contribution in [0.1, 0.15) is 78.1 Å². The smallest absolute Gasteiger partial charge is 0.360 e. The number of amides is 1. The molecule has 0 unspecified atom stereocenters. The van der Waals surface area contributed by atoms with E-state index in [9.17, 15) is 14.4 Å². The number of carbonyl (C=O) groups is 3. The maximum absolute atomic E-state index is 13.0. The van der Waals surface area contributed by atoms with Crippen LogP contribution in [0.2, 0.25) is 0 Å². The molecule has 1 aromatic heterocycles. The quantitative estimate of drug-likeness (QED) is 0.453. The molecule has 1 aromatic carbocycles. The van der Waals surface area contributed by atoms with Gasteiger partial charge in [0.25, 0.3) is 5.89 Å². The number of benzene rings is 1. The van der Waals surface area contributed by atoms with Crippen LogP contribution in [0.4, 0.5) is 0 Å². The van der Waals surface area contributed by atoms with E-state index in [0.717, 1.165) is 18.2 Å². The van der Waals surface area contributed by atoms with Crippen molar-refractivity contribution in [3.05, 3.63) is 53.7 Å². The van der Waals surface area contributed by atoms with Gasteiger partial charge in [0.1, 0.15) is 6.26 Å². The number of hydrogen-bond acceptors (Lipinski definition) is 6. The predicted octanol–water partition coefficient (Wildman–Crippen LogP) is 4.12. The topological polar surface area (TPSA) is 98.5 Å². The SMILES string of the molecule is COC(=O)c1coc(C(=O)[C@H](CCc2ccccc2)NC(=O)CCC2CCCCC2)n1. The summed E-state index contributed by atoms with van der Waals surface area (Å²) in [5.41, 5.74) is 0.996. The Kier molecular flexibility index (Phi) is 8.38. The van der Waals surface area contributed by atoms with Crippen LogP contribution < -0.4 is 5.32 Å². The number of rotatable bonds is 10. The highest BCUT2D eigenvalue weighted by Gasteiger charge is 2.27. The van der Waals surface area contributed by atoms with Gasteiger partial charge in [-0.1, -0.05) is 62.4 Å². The van der Waals surface area contributed by atoms with Gasteiger partial charge in [0.05, 0.1) is 13.2 Å². The van der Waals surface area contributed by atoms with E-state index in [-0.39, 0.29) is 17.5 Å². The number of esters is 1. The zero-order chi connectivity index (χ0) is 22.1. The highest BCUT2D eigenvalue weighted by atomic mass is 16.5. The second-order valence-electron chi connectivity index (χ2n) is 8.08. The van der Waals surface area contributed by atoms with Crippen molar-refractivity contribution in [2.45, 2.75) is 63.8 Å². The van der Waals surface area contributed by atoms with E-state index in [0.29, 0.717) is 25.2 Å². The fraction of sp³-hybridized carbons (Fsp3) is 0.500. The highest BCUT2D eigenvalue weighted by Crippen LogP contribution is 2.27. The van der Waals surface area contributed by atoms with Crippen molar-refractivity contribution in [3.8, 4) is 0 Å². The van der Waals surface area contributed by atoms with Crippen molar-refractivity contribution in [2.75, 3.05) is 7.11 Å². The Hall–Kier alpha value is -2.96. The minimum Gasteiger partial charge on any atom is -0.464 e. The molecule has 1 fully saturated rings. The number of oxazole rings is 1. The first-order valence-electron chi connectivity index (χ1n) is 11.0. The summed E-state index contributed by atoms with van der Waals surface area (Å²) in [5.74, 6) is -0.882. The number of methoxy groups -OCH3 is 1. The molecule has 1 aliphatic carbocycles. The summed E-state index contributed by atoms with van der Waals surface area (Å²) in [5, 5.41) is 2.87. The molecule has 0 saturated heterocycles. The molecule has 1 N–H and O–H groups in total. The van der Waals surface area contributed by atoms with Gasteiger partial charge in [0.2, 0.25) is 11.7 Å². The van der Waals surface area contributed by atoms with Crippen LogP contribution in [0, 0.1) is 5.92 Å². The molecule has 7 nitrogen and oxygen atoms in total. The van der Waals surface area contributed by atoms with Gasteiger partial charge >= 0.3 is 5.97 Å². The standard InChI is InChI=1S/C24H30N2O5/c1-30-24(29)20-16-31-23(26-20)22(28)19(14-12-17-8-4-2-5-9-17)25-21(27)15-13-18-10-6-3-7-11-18/h2,4-5,8-9,16,18-19H,3,6-7,10-15H2,1H3,(H,25,27)/t19-/m0/s1. The molecule has 1 heterocycles. The van der Waals surface area contributed by atoms with E-state index in [4.69, 9.17) is 4.42 Å². The molecule has 0 spiro atoms. The summed E-state index contributed by atoms with van der Waals surface area (Å²) >= 11 is 0. The van der Waals surface area contributed by atoms with Gasteiger partial charge in [-0.25, -0.2) is 4.79 Å². The Bertz CT molecular complexity index is 871. The van der Waals surface area contributed by atoms with Crippen molar-refractivity contribution in [1.29, 1.82) is 0 Å². The first-order valence-corrected chi connectivity index (χ1v) is 11.0. The minimum atomic E-state index is -0.775. The molecule has 1 saturated carbocycles. The summed E-state index contributed by atoms with van der Waals surface area (Å²) in [6.07, 6.45) is 9.47. The first kappa shape index (κ1) is 22.7. The molecule has 1 aliphatic rings. The highest BCUT2D eigenvalue weighted by molar-refractivity contribution is 5.99. The van der Waals surface area contributed by atoms with Crippen molar-refractivity contribution in [3.63, 3.8) is 0 Å². The second-order valence-corrected chi connectivity index (χ2v) is 8.08. The van der Waals surface area contributed by atoms with Gasteiger partial charge in [-0.3, -0.25) is 9.59 Å². The number of ketones is 1. The number of Topliss-reactive ketones (excluding diaryl/α,β-unsaturated/α-hetero) is 1. The lowest BCUT2D eigenvalue weighted by Crippen LogP contribution is -2.41. The average molecular weight is 427 g/mol. The lowest BCUT2D eigenvalue weighted by molar-refractivity contribution is -0.122. The van der Waals surface area contributed by atoms with Crippen LogP contribution in [0.15, 0.2) is 41.0 Å². The third kappa shape index (κ3) is 6.77. The lowest BCUT2D eigenvalue weighted by Gasteiger charge is -2.22. The van der Waals surface area contributed by atoms with E-state index in [1.165, 1.54) is 39.2 Å². The second kappa shape index (κ2) is 11.4. The average Bonchev–Trinajstić information content (AvgIpc) is 3.31. The van der Waals surface area contributed by atoms with E-state index >= 15 is 0 Å². The van der Waals surface area contributed by atoms with Gasteiger partial charge in [-0.05, 0) is 30.7 Å². The molecule has 0 aliphatic heterocycles. The summed E-state index contributed by atoms with van der Waals surface area (Å²) < 4.78 is 9.81. The molecular formula is C24H30N2O5. The number of aryl methyl sites for hydroxylation is 1. The molecule has 7 heteroatoms. The third-order valence-corrected chi connectivity index (χ3v) is 5.83. The number of carbonyl (C=O) groups excluding carboxylic acids is 3. The number of hydrogen-bond donors (Lipinski definition) is 1. The number of nitrogens with zero attached hydrogens (tertiary/aromatic N) is 1. The van der Waals surface area contributed by atoms with Gasteiger partial charge in [-0.2, -0.15) is 4.98 Å². The molecule has 1 amide bonds. The van der Waals surface area contributed by atoms with Crippen LogP contribution in [0.5, 0.6) is 0 Å². The molecule has 0 radical (unpaired) electrons. The predicted molar refractivity (Wildman–Crippen MR) is 115 cm³/mol. The molecule has 166 valence electrons. The largest absolute Gasteiger partial charge is 0.464 e. The summed E-state index contributed by atoms with van der Waals surface area (Å²) in [7, 11) is 1.23. The fourth-order valence-electron chi connectivity index (χ4n) is 4.04. The Morgan fingerprint density at radius 1 is 1.16 bits per heavy atom.